The smallest absolute Gasteiger partial charge is 0.103 e. The molecule has 1 heterocycles. The van der Waals surface area contributed by atoms with E-state index >= 15 is 0 Å². The number of hydrogen-bond donors (Lipinski definition) is 1. The van der Waals surface area contributed by atoms with E-state index in [2.05, 4.69) is 61.5 Å². The highest BCUT2D eigenvalue weighted by Crippen LogP contribution is 2.24. The van der Waals surface area contributed by atoms with Gasteiger partial charge in [-0.05, 0) is 38.4 Å². The van der Waals surface area contributed by atoms with Crippen molar-refractivity contribution in [1.82, 2.24) is 20.3 Å². The van der Waals surface area contributed by atoms with Gasteiger partial charge in [-0.3, -0.25) is 0 Å². The van der Waals surface area contributed by atoms with Gasteiger partial charge >= 0.3 is 0 Å². The van der Waals surface area contributed by atoms with Crippen LogP contribution in [0.3, 0.4) is 0 Å². The van der Waals surface area contributed by atoms with E-state index in [1.807, 2.05) is 17.8 Å². The summed E-state index contributed by atoms with van der Waals surface area (Å²) in [6.45, 7) is 8.56. The Morgan fingerprint density at radius 3 is 2.47 bits per heavy atom. The predicted molar refractivity (Wildman–Crippen MR) is 77.7 cm³/mol. The predicted octanol–water partition coefficient (Wildman–Crippen LogP) is 2.98. The Morgan fingerprint density at radius 1 is 1.16 bits per heavy atom. The summed E-state index contributed by atoms with van der Waals surface area (Å²) in [4.78, 5) is 0. The van der Waals surface area contributed by atoms with Crippen molar-refractivity contribution in [3.05, 3.63) is 41.2 Å². The van der Waals surface area contributed by atoms with Crippen LogP contribution in [0.25, 0.3) is 5.69 Å². The first-order valence-electron chi connectivity index (χ1n) is 6.75. The van der Waals surface area contributed by atoms with E-state index in [0.717, 1.165) is 17.1 Å². The van der Waals surface area contributed by atoms with Crippen molar-refractivity contribution >= 4 is 0 Å². The number of aromatic nitrogens is 3. The minimum Gasteiger partial charge on any atom is -0.312 e. The molecule has 102 valence electrons. The van der Waals surface area contributed by atoms with E-state index < -0.39 is 0 Å². The van der Waals surface area contributed by atoms with Crippen molar-refractivity contribution in [1.29, 1.82) is 0 Å². The average molecular weight is 258 g/mol. The molecule has 0 radical (unpaired) electrons. The maximum atomic E-state index is 4.32. The van der Waals surface area contributed by atoms with Crippen molar-refractivity contribution in [2.45, 2.75) is 39.7 Å². The Hall–Kier alpha value is -1.68. The zero-order valence-corrected chi connectivity index (χ0v) is 12.3. The van der Waals surface area contributed by atoms with Gasteiger partial charge in [0.2, 0.25) is 0 Å². The molecule has 1 aromatic carbocycles. The van der Waals surface area contributed by atoms with Crippen LogP contribution in [-0.2, 0) is 0 Å². The van der Waals surface area contributed by atoms with E-state index in [1.54, 1.807) is 0 Å². The molecule has 0 fully saturated rings. The Labute approximate surface area is 114 Å². The molecule has 0 aliphatic heterocycles. The van der Waals surface area contributed by atoms with Crippen LogP contribution in [0, 0.1) is 6.92 Å². The Balaban J connectivity index is 2.52. The van der Waals surface area contributed by atoms with Crippen molar-refractivity contribution in [2.24, 2.45) is 0 Å². The fraction of sp³-hybridized carbons (Fsp3) is 0.467. The fourth-order valence-electron chi connectivity index (χ4n) is 2.27. The molecule has 0 spiro atoms. The van der Waals surface area contributed by atoms with Crippen LogP contribution in [0.5, 0.6) is 0 Å². The Morgan fingerprint density at radius 2 is 1.84 bits per heavy atom. The normalized spacial score (nSPS) is 12.9. The highest BCUT2D eigenvalue weighted by Gasteiger charge is 2.17. The van der Waals surface area contributed by atoms with Gasteiger partial charge in [-0.2, -0.15) is 0 Å². The van der Waals surface area contributed by atoms with Gasteiger partial charge in [0, 0.05) is 0 Å². The van der Waals surface area contributed by atoms with E-state index in [4.69, 9.17) is 0 Å². The van der Waals surface area contributed by atoms with Crippen molar-refractivity contribution in [3.63, 3.8) is 0 Å². The first kappa shape index (κ1) is 13.7. The summed E-state index contributed by atoms with van der Waals surface area (Å²) in [6, 6.07) is 8.58. The number of hydrogen-bond acceptors (Lipinski definition) is 3. The summed E-state index contributed by atoms with van der Waals surface area (Å²) in [5, 5.41) is 11.8. The molecule has 2 aromatic rings. The second-order valence-corrected chi connectivity index (χ2v) is 5.20. The van der Waals surface area contributed by atoms with Gasteiger partial charge in [0.25, 0.3) is 0 Å². The van der Waals surface area contributed by atoms with Gasteiger partial charge in [-0.25, -0.2) is 4.68 Å². The summed E-state index contributed by atoms with van der Waals surface area (Å²) in [5.41, 5.74) is 4.51. The van der Waals surface area contributed by atoms with Gasteiger partial charge in [0.1, 0.15) is 5.69 Å². The molecule has 4 nitrogen and oxygen atoms in total. The molecule has 1 N–H and O–H groups in total. The molecular formula is C15H22N4. The third kappa shape index (κ3) is 2.54. The molecular weight excluding hydrogens is 236 g/mol. The molecule has 0 amide bonds. The molecule has 0 aliphatic carbocycles. The lowest BCUT2D eigenvalue weighted by Crippen LogP contribution is -2.14. The van der Waals surface area contributed by atoms with E-state index in [-0.39, 0.29) is 6.04 Å². The second-order valence-electron chi connectivity index (χ2n) is 5.20. The maximum Gasteiger partial charge on any atom is 0.103 e. The summed E-state index contributed by atoms with van der Waals surface area (Å²) in [5.74, 6) is 0.463. The number of para-hydroxylation sites is 1. The summed E-state index contributed by atoms with van der Waals surface area (Å²) in [6.07, 6.45) is 0. The lowest BCUT2D eigenvalue weighted by atomic mass is 10.0. The molecule has 1 atom stereocenters. The third-order valence-electron chi connectivity index (χ3n) is 3.56. The first-order chi connectivity index (χ1) is 9.06. The third-order valence-corrected chi connectivity index (χ3v) is 3.56. The maximum absolute atomic E-state index is 4.32. The highest BCUT2D eigenvalue weighted by atomic mass is 15.4. The molecule has 19 heavy (non-hydrogen) atoms. The lowest BCUT2D eigenvalue weighted by Gasteiger charge is -2.14. The van der Waals surface area contributed by atoms with E-state index in [9.17, 15) is 0 Å². The van der Waals surface area contributed by atoms with Crippen molar-refractivity contribution < 1.29 is 0 Å². The lowest BCUT2D eigenvalue weighted by molar-refractivity contribution is 0.627. The molecule has 1 aromatic heterocycles. The van der Waals surface area contributed by atoms with Gasteiger partial charge < -0.3 is 5.32 Å². The molecule has 1 unspecified atom stereocenters. The first-order valence-corrected chi connectivity index (χ1v) is 6.75. The highest BCUT2D eigenvalue weighted by molar-refractivity contribution is 5.43. The van der Waals surface area contributed by atoms with E-state index in [0.29, 0.717) is 5.92 Å². The number of rotatable bonds is 4. The van der Waals surface area contributed by atoms with Crippen molar-refractivity contribution in [3.8, 4) is 5.69 Å². The molecule has 4 heteroatoms. The van der Waals surface area contributed by atoms with Gasteiger partial charge in [-0.1, -0.05) is 37.3 Å². The van der Waals surface area contributed by atoms with E-state index in [1.165, 1.54) is 5.56 Å². The fourth-order valence-corrected chi connectivity index (χ4v) is 2.27. The zero-order valence-electron chi connectivity index (χ0n) is 12.3. The quantitative estimate of drug-likeness (QED) is 0.916. The van der Waals surface area contributed by atoms with Crippen LogP contribution < -0.4 is 5.32 Å². The van der Waals surface area contributed by atoms with Crippen LogP contribution in [-0.4, -0.2) is 22.0 Å². The molecule has 2 rings (SSSR count). The zero-order chi connectivity index (χ0) is 14.0. The monoisotopic (exact) mass is 258 g/mol. The van der Waals surface area contributed by atoms with Crippen LogP contribution in [0.2, 0.25) is 0 Å². The van der Waals surface area contributed by atoms with Gasteiger partial charge in [0.15, 0.2) is 0 Å². The summed E-state index contributed by atoms with van der Waals surface area (Å²) in [7, 11) is 1.94. The average Bonchev–Trinajstić information content (AvgIpc) is 2.79. The van der Waals surface area contributed by atoms with Crippen molar-refractivity contribution in [2.75, 3.05) is 7.05 Å². The Kier molecular flexibility index (Phi) is 4.00. The van der Waals surface area contributed by atoms with Gasteiger partial charge in [0.05, 0.1) is 17.4 Å². The number of nitrogens with one attached hydrogen (secondary N) is 1. The van der Waals surface area contributed by atoms with Crippen LogP contribution >= 0.6 is 0 Å². The molecule has 0 bridgehead atoms. The standard InChI is InChI=1S/C15H22N4/c1-10(2)13-8-6-7-9-14(13)19-12(4)15(17-18-19)11(3)16-5/h6-11,16H,1-5H3. The summed E-state index contributed by atoms with van der Waals surface area (Å²) >= 11 is 0. The largest absolute Gasteiger partial charge is 0.312 e. The van der Waals surface area contributed by atoms with Crippen LogP contribution in [0.1, 0.15) is 49.7 Å². The topological polar surface area (TPSA) is 42.7 Å². The number of benzene rings is 1. The molecule has 0 aliphatic rings. The minimum absolute atomic E-state index is 0.208. The summed E-state index contributed by atoms with van der Waals surface area (Å²) < 4.78 is 1.94. The van der Waals surface area contributed by atoms with Crippen LogP contribution in [0.15, 0.2) is 24.3 Å². The second kappa shape index (κ2) is 5.53. The molecule has 0 saturated heterocycles. The van der Waals surface area contributed by atoms with Gasteiger partial charge in [-0.15, -0.1) is 5.10 Å². The minimum atomic E-state index is 0.208. The molecule has 0 saturated carbocycles. The SMILES string of the molecule is CNC(C)c1nnn(-c2ccccc2C(C)C)c1C. The Bertz CT molecular complexity index is 557. The number of nitrogens with zero attached hydrogens (tertiary/aromatic N) is 3. The van der Waals surface area contributed by atoms with Crippen LogP contribution in [0.4, 0.5) is 0 Å².